The van der Waals surface area contributed by atoms with E-state index in [1.165, 1.54) is 18.2 Å². The zero-order chi connectivity index (χ0) is 33.3. The molecule has 2 saturated carbocycles. The van der Waals surface area contributed by atoms with Crippen LogP contribution in [-0.4, -0.2) is 61.3 Å². The van der Waals surface area contributed by atoms with Crippen molar-refractivity contribution in [2.45, 2.75) is 32.1 Å². The topological polar surface area (TPSA) is 119 Å². The summed E-state index contributed by atoms with van der Waals surface area (Å²) in [5, 5.41) is 6.08. The van der Waals surface area contributed by atoms with Crippen LogP contribution in [0.1, 0.15) is 32.1 Å². The van der Waals surface area contributed by atoms with Gasteiger partial charge in [-0.15, -0.1) is 0 Å². The van der Waals surface area contributed by atoms with E-state index >= 15 is 4.39 Å². The van der Waals surface area contributed by atoms with Gasteiger partial charge in [-0.3, -0.25) is 14.6 Å². The highest BCUT2D eigenvalue weighted by molar-refractivity contribution is 6.16. The Morgan fingerprint density at radius 2 is 1.71 bits per heavy atom. The Hall–Kier alpha value is -5.03. The maximum absolute atomic E-state index is 15.3. The van der Waals surface area contributed by atoms with Crippen molar-refractivity contribution in [3.8, 4) is 23.0 Å². The summed E-state index contributed by atoms with van der Waals surface area (Å²) in [5.74, 6) is -0.0637. The van der Waals surface area contributed by atoms with Crippen molar-refractivity contribution >= 4 is 40.4 Å². The molecule has 3 aromatic carbocycles. The largest absolute Gasteiger partial charge is 0.493 e. The molecule has 3 aliphatic rings. The Balaban J connectivity index is 0.983. The van der Waals surface area contributed by atoms with Crippen LogP contribution in [0, 0.1) is 22.6 Å². The highest BCUT2D eigenvalue weighted by Gasteiger charge is 2.57. The number of amides is 2. The maximum Gasteiger partial charge on any atom is 0.240 e. The minimum Gasteiger partial charge on any atom is -0.493 e. The number of nitrogens with one attached hydrogen (secondary N) is 2. The van der Waals surface area contributed by atoms with E-state index in [4.69, 9.17) is 14.2 Å². The lowest BCUT2D eigenvalue weighted by molar-refractivity contribution is -0.131. The van der Waals surface area contributed by atoms with Crippen molar-refractivity contribution in [1.29, 1.82) is 0 Å². The van der Waals surface area contributed by atoms with E-state index in [1.54, 1.807) is 55.8 Å². The number of ether oxygens (including phenoxy) is 3. The summed E-state index contributed by atoms with van der Waals surface area (Å²) in [4.78, 5) is 44.2. The van der Waals surface area contributed by atoms with Crippen LogP contribution in [0.4, 0.5) is 15.8 Å². The lowest BCUT2D eigenvalue weighted by atomic mass is 9.95. The Labute approximate surface area is 277 Å². The first kappa shape index (κ1) is 31.6. The lowest BCUT2D eigenvalue weighted by Crippen LogP contribution is -2.35. The molecule has 1 saturated heterocycles. The molecule has 2 N–H and O–H groups in total. The molecule has 0 radical (unpaired) electrons. The van der Waals surface area contributed by atoms with E-state index in [1.807, 2.05) is 6.07 Å². The molecular formula is C37H37FN4O6. The third-order valence-electron chi connectivity index (χ3n) is 9.76. The summed E-state index contributed by atoms with van der Waals surface area (Å²) in [6.45, 7) is 3.13. The fourth-order valence-electron chi connectivity index (χ4n) is 6.59. The van der Waals surface area contributed by atoms with Crippen LogP contribution >= 0.6 is 0 Å². The predicted molar refractivity (Wildman–Crippen MR) is 178 cm³/mol. The van der Waals surface area contributed by atoms with Gasteiger partial charge in [-0.1, -0.05) is 18.2 Å². The maximum atomic E-state index is 15.3. The van der Waals surface area contributed by atoms with Gasteiger partial charge in [0.1, 0.15) is 17.5 Å². The average molecular weight is 653 g/mol. The van der Waals surface area contributed by atoms with Gasteiger partial charge < -0.3 is 34.5 Å². The molecule has 0 bridgehead atoms. The quantitative estimate of drug-likeness (QED) is 0.0994. The summed E-state index contributed by atoms with van der Waals surface area (Å²) >= 11 is 0. The third kappa shape index (κ3) is 6.29. The van der Waals surface area contributed by atoms with Gasteiger partial charge in [-0.25, -0.2) is 4.39 Å². The number of likely N-dealkylation sites (tertiary alicyclic amines) is 1. The summed E-state index contributed by atoms with van der Waals surface area (Å²) < 4.78 is 33.0. The van der Waals surface area contributed by atoms with Crippen LogP contribution in [0.15, 0.2) is 72.9 Å². The smallest absolute Gasteiger partial charge is 0.240 e. The fraction of sp³-hybridized carbons (Fsp3) is 0.351. The van der Waals surface area contributed by atoms with Gasteiger partial charge in [0.15, 0.2) is 23.1 Å². The molecule has 1 aromatic heterocycles. The molecule has 2 heterocycles. The summed E-state index contributed by atoms with van der Waals surface area (Å²) in [7, 11) is 1.55. The second kappa shape index (κ2) is 12.9. The molecule has 1 atom stereocenters. The first-order valence-corrected chi connectivity index (χ1v) is 16.3. The lowest BCUT2D eigenvalue weighted by Gasteiger charge is -2.17. The normalized spacial score (nSPS) is 18.7. The van der Waals surface area contributed by atoms with Crippen LogP contribution in [-0.2, 0) is 14.4 Å². The number of carbonyl (C=O) groups is 3. The number of pyridine rings is 1. The average Bonchev–Trinajstić information content (AvgIpc) is 4.02. The SMILES string of the molecule is COc1cc2c(Oc3ccc(NC(=O)C4(C(=O)Nc5ccccc5)CC4)cc3F)ccnc2cc1OCCCN1CC(C=O)C2(CC2)C1. The molecular weight excluding hydrogens is 615 g/mol. The van der Waals surface area contributed by atoms with Gasteiger partial charge in [0.25, 0.3) is 0 Å². The van der Waals surface area contributed by atoms with E-state index in [9.17, 15) is 14.4 Å². The van der Waals surface area contributed by atoms with Gasteiger partial charge in [0.2, 0.25) is 11.8 Å². The molecule has 48 heavy (non-hydrogen) atoms. The second-order valence-corrected chi connectivity index (χ2v) is 13.0. The Bertz CT molecular complexity index is 1860. The number of aromatic nitrogens is 1. The first-order valence-electron chi connectivity index (χ1n) is 16.3. The number of rotatable bonds is 13. The monoisotopic (exact) mass is 652 g/mol. The minimum absolute atomic E-state index is 0.0468. The number of hydrogen-bond acceptors (Lipinski definition) is 8. The molecule has 7 rings (SSSR count). The molecule has 1 spiro atoms. The third-order valence-corrected chi connectivity index (χ3v) is 9.76. The number of fused-ring (bicyclic) bond motifs is 1. The minimum atomic E-state index is -1.19. The van der Waals surface area contributed by atoms with Crippen LogP contribution in [0.2, 0.25) is 0 Å². The van der Waals surface area contributed by atoms with E-state index in [2.05, 4.69) is 20.5 Å². The van der Waals surface area contributed by atoms with Crippen LogP contribution < -0.4 is 24.8 Å². The number of aldehydes is 1. The van der Waals surface area contributed by atoms with E-state index in [-0.39, 0.29) is 28.7 Å². The van der Waals surface area contributed by atoms with Crippen molar-refractivity contribution in [3.63, 3.8) is 0 Å². The zero-order valence-corrected chi connectivity index (χ0v) is 26.7. The molecule has 2 aliphatic carbocycles. The van der Waals surface area contributed by atoms with Gasteiger partial charge in [0.05, 0.1) is 19.2 Å². The number of benzene rings is 3. The van der Waals surface area contributed by atoms with E-state index in [0.717, 1.165) is 45.2 Å². The Morgan fingerprint density at radius 3 is 2.38 bits per heavy atom. The molecule has 1 aliphatic heterocycles. The number of anilines is 2. The van der Waals surface area contributed by atoms with Crippen LogP contribution in [0.3, 0.4) is 0 Å². The molecule has 1 unspecified atom stereocenters. The molecule has 3 fully saturated rings. The Morgan fingerprint density at radius 1 is 0.938 bits per heavy atom. The van der Waals surface area contributed by atoms with Crippen LogP contribution in [0.25, 0.3) is 10.9 Å². The van der Waals surface area contributed by atoms with Gasteiger partial charge in [-0.2, -0.15) is 0 Å². The van der Waals surface area contributed by atoms with Gasteiger partial charge in [-0.05, 0) is 73.9 Å². The van der Waals surface area contributed by atoms with Gasteiger partial charge >= 0.3 is 0 Å². The molecule has 248 valence electrons. The number of nitrogens with zero attached hydrogens (tertiary/aromatic N) is 2. The zero-order valence-electron chi connectivity index (χ0n) is 26.7. The summed E-state index contributed by atoms with van der Waals surface area (Å²) in [6, 6.07) is 18.2. The molecule has 11 heteroatoms. The van der Waals surface area contributed by atoms with Crippen LogP contribution in [0.5, 0.6) is 23.0 Å². The predicted octanol–water partition coefficient (Wildman–Crippen LogP) is 6.21. The number of carbonyl (C=O) groups excluding carboxylic acids is 3. The van der Waals surface area contributed by atoms with Crippen molar-refractivity contribution in [3.05, 3.63) is 78.7 Å². The van der Waals surface area contributed by atoms with E-state index in [0.29, 0.717) is 53.3 Å². The second-order valence-electron chi connectivity index (χ2n) is 13.0. The van der Waals surface area contributed by atoms with Crippen molar-refractivity contribution in [2.24, 2.45) is 16.7 Å². The number of para-hydroxylation sites is 1. The molecule has 10 nitrogen and oxygen atoms in total. The fourth-order valence-corrected chi connectivity index (χ4v) is 6.59. The highest BCUT2D eigenvalue weighted by Crippen LogP contribution is 2.55. The summed E-state index contributed by atoms with van der Waals surface area (Å²) in [5.41, 5.74) is 0.437. The van der Waals surface area contributed by atoms with Crippen molar-refractivity contribution in [2.75, 3.05) is 44.0 Å². The summed E-state index contributed by atoms with van der Waals surface area (Å²) in [6.07, 6.45) is 6.60. The number of methoxy groups -OCH3 is 1. The molecule has 4 aromatic rings. The Kier molecular flexibility index (Phi) is 8.47. The van der Waals surface area contributed by atoms with Gasteiger partial charge in [0, 0.05) is 60.6 Å². The standard InChI is InChI=1S/C37H37FN4O6/c1-46-32-19-27-29(20-33(32)47-17-5-16-42-21-24(22-43)36(23-42)11-12-36)39-15-10-30(27)48-31-9-8-26(18-28(31)38)41-35(45)37(13-14-37)34(44)40-25-6-3-2-4-7-25/h2-4,6-10,15,18-20,22,24H,5,11-14,16-17,21,23H2,1H3,(H,40,44)(H,41,45). The molecule has 2 amide bonds. The van der Waals surface area contributed by atoms with Crippen molar-refractivity contribution < 1.29 is 33.0 Å². The number of hydrogen-bond donors (Lipinski definition) is 2. The van der Waals surface area contributed by atoms with E-state index < -0.39 is 17.1 Å². The number of halogens is 1. The van der Waals surface area contributed by atoms with Crippen molar-refractivity contribution in [1.82, 2.24) is 9.88 Å². The highest BCUT2D eigenvalue weighted by atomic mass is 19.1. The first-order chi connectivity index (χ1) is 23.3.